The largest absolute Gasteiger partial charge is 0.409 e. The van der Waals surface area contributed by atoms with Gasteiger partial charge in [-0.3, -0.25) is 4.79 Å². The van der Waals surface area contributed by atoms with Crippen molar-refractivity contribution in [3.8, 4) is 0 Å². The number of hydrogen-bond acceptors (Lipinski definition) is 1. The number of halogens is 7. The minimum absolute atomic E-state index is 0.113. The lowest BCUT2D eigenvalue weighted by Gasteiger charge is -2.22. The van der Waals surface area contributed by atoms with Gasteiger partial charge in [0, 0.05) is 11.4 Å². The van der Waals surface area contributed by atoms with Crippen LogP contribution in [0.4, 0.5) is 26.3 Å². The van der Waals surface area contributed by atoms with E-state index in [1.54, 1.807) is 12.2 Å². The molecule has 0 bridgehead atoms. The van der Waals surface area contributed by atoms with E-state index in [0.717, 1.165) is 0 Å². The van der Waals surface area contributed by atoms with Crippen molar-refractivity contribution in [2.24, 2.45) is 5.92 Å². The van der Waals surface area contributed by atoms with Crippen LogP contribution in [0, 0.1) is 5.92 Å². The highest BCUT2D eigenvalue weighted by Crippen LogP contribution is 2.39. The van der Waals surface area contributed by atoms with Crippen LogP contribution in [0.2, 0.25) is 0 Å². The van der Waals surface area contributed by atoms with Crippen molar-refractivity contribution in [3.05, 3.63) is 0 Å². The Hall–Kier alpha value is -0.470. The number of amides is 1. The molecule has 0 aliphatic heterocycles. The van der Waals surface area contributed by atoms with Crippen molar-refractivity contribution in [1.82, 2.24) is 5.32 Å². The van der Waals surface area contributed by atoms with Gasteiger partial charge in [-0.25, -0.2) is 0 Å². The molecule has 17 heavy (non-hydrogen) atoms. The van der Waals surface area contributed by atoms with Gasteiger partial charge < -0.3 is 5.32 Å². The smallest absolute Gasteiger partial charge is 0.355 e. The Kier molecular flexibility index (Phi) is 5.76. The predicted octanol–water partition coefficient (Wildman–Crippen LogP) is 3.02. The highest BCUT2D eigenvalue weighted by molar-refractivity contribution is 9.09. The third kappa shape index (κ3) is 6.13. The Bertz CT molecular complexity index is 248. The SMILES string of the molecule is CC(Br)CCNC(=O)C(C(F)(F)F)C(F)(F)F. The first kappa shape index (κ1) is 16.5. The maximum Gasteiger partial charge on any atom is 0.409 e. The summed E-state index contributed by atoms with van der Waals surface area (Å²) in [6, 6.07) is 0. The molecule has 1 atom stereocenters. The first-order valence-electron chi connectivity index (χ1n) is 4.51. The van der Waals surface area contributed by atoms with E-state index in [9.17, 15) is 31.1 Å². The summed E-state index contributed by atoms with van der Waals surface area (Å²) < 4.78 is 72.4. The summed E-state index contributed by atoms with van der Waals surface area (Å²) >= 11 is 3.04. The fourth-order valence-corrected chi connectivity index (χ4v) is 1.21. The molecule has 0 fully saturated rings. The van der Waals surface area contributed by atoms with Crippen LogP contribution in [0.15, 0.2) is 0 Å². The molecule has 0 aromatic carbocycles. The molecule has 102 valence electrons. The molecule has 1 N–H and O–H groups in total. The second-order valence-corrected chi connectivity index (χ2v) is 4.94. The molecule has 0 radical (unpaired) electrons. The maximum atomic E-state index is 12.1. The van der Waals surface area contributed by atoms with Gasteiger partial charge in [0.25, 0.3) is 0 Å². The normalized spacial score (nSPS) is 14.9. The van der Waals surface area contributed by atoms with Crippen LogP contribution < -0.4 is 5.32 Å². The van der Waals surface area contributed by atoms with Gasteiger partial charge in [-0.15, -0.1) is 0 Å². The van der Waals surface area contributed by atoms with Gasteiger partial charge in [0.15, 0.2) is 0 Å². The minimum atomic E-state index is -5.64. The number of carbonyl (C=O) groups is 1. The quantitative estimate of drug-likeness (QED) is 0.623. The van der Waals surface area contributed by atoms with Gasteiger partial charge in [0.05, 0.1) is 0 Å². The van der Waals surface area contributed by atoms with Gasteiger partial charge in [0.1, 0.15) is 0 Å². The summed E-state index contributed by atoms with van der Waals surface area (Å²) in [6.07, 6.45) is -11.0. The van der Waals surface area contributed by atoms with E-state index >= 15 is 0 Å². The monoisotopic (exact) mass is 329 g/mol. The zero-order valence-electron chi connectivity index (χ0n) is 8.62. The van der Waals surface area contributed by atoms with Crippen molar-refractivity contribution in [1.29, 1.82) is 0 Å². The van der Waals surface area contributed by atoms with Crippen LogP contribution in [0.5, 0.6) is 0 Å². The zero-order valence-corrected chi connectivity index (χ0v) is 10.2. The molecule has 2 nitrogen and oxygen atoms in total. The van der Waals surface area contributed by atoms with E-state index in [0.29, 0.717) is 0 Å². The van der Waals surface area contributed by atoms with Crippen molar-refractivity contribution >= 4 is 21.8 Å². The molecular formula is C8H10BrF6NO. The Morgan fingerprint density at radius 3 is 1.88 bits per heavy atom. The number of alkyl halides is 7. The van der Waals surface area contributed by atoms with E-state index in [-0.39, 0.29) is 17.8 Å². The summed E-state index contributed by atoms with van der Waals surface area (Å²) in [6.45, 7) is 1.39. The van der Waals surface area contributed by atoms with Crippen LogP contribution in [-0.4, -0.2) is 29.6 Å². The van der Waals surface area contributed by atoms with Crippen LogP contribution in [0.3, 0.4) is 0 Å². The third-order valence-corrected chi connectivity index (χ3v) is 2.22. The summed E-state index contributed by atoms with van der Waals surface area (Å²) in [5, 5.41) is 1.62. The standard InChI is InChI=1S/C8H10BrF6NO/c1-4(9)2-3-16-6(17)5(7(10,11)12)8(13,14)15/h4-5H,2-3H2,1H3,(H,16,17). The lowest BCUT2D eigenvalue weighted by Crippen LogP contribution is -2.48. The molecule has 0 aliphatic carbocycles. The summed E-state index contributed by atoms with van der Waals surface area (Å²) in [4.78, 5) is 10.7. The summed E-state index contributed by atoms with van der Waals surface area (Å²) in [5.41, 5.74) is 0. The molecule has 0 spiro atoms. The third-order valence-electron chi connectivity index (χ3n) is 1.76. The highest BCUT2D eigenvalue weighted by atomic mass is 79.9. The molecule has 1 unspecified atom stereocenters. The molecule has 1 amide bonds. The van der Waals surface area contributed by atoms with E-state index in [4.69, 9.17) is 0 Å². The number of nitrogens with one attached hydrogen (secondary N) is 1. The number of carbonyl (C=O) groups excluding carboxylic acids is 1. The molecule has 9 heteroatoms. The molecule has 0 aromatic heterocycles. The van der Waals surface area contributed by atoms with Gasteiger partial charge >= 0.3 is 12.4 Å². The highest BCUT2D eigenvalue weighted by Gasteiger charge is 2.60. The fraction of sp³-hybridized carbons (Fsp3) is 0.875. The minimum Gasteiger partial charge on any atom is -0.355 e. The lowest BCUT2D eigenvalue weighted by molar-refractivity contribution is -0.274. The van der Waals surface area contributed by atoms with Crippen LogP contribution in [0.25, 0.3) is 0 Å². The van der Waals surface area contributed by atoms with Crippen LogP contribution >= 0.6 is 15.9 Å². The molecule has 0 rings (SSSR count). The molecule has 0 aliphatic rings. The first-order chi connectivity index (χ1) is 7.46. The second-order valence-electron chi connectivity index (χ2n) is 3.38. The lowest BCUT2D eigenvalue weighted by atomic mass is 10.1. The van der Waals surface area contributed by atoms with Crippen molar-refractivity contribution in [3.63, 3.8) is 0 Å². The van der Waals surface area contributed by atoms with E-state index < -0.39 is 24.2 Å². The predicted molar refractivity (Wildman–Crippen MR) is 51.6 cm³/mol. The first-order valence-corrected chi connectivity index (χ1v) is 5.43. The molecule has 0 saturated carbocycles. The van der Waals surface area contributed by atoms with Crippen molar-refractivity contribution in [2.75, 3.05) is 6.54 Å². The Labute approximate surface area is 102 Å². The molecular weight excluding hydrogens is 320 g/mol. The zero-order chi connectivity index (χ0) is 13.9. The summed E-state index contributed by atoms with van der Waals surface area (Å²) in [5.74, 6) is -6.04. The fourth-order valence-electron chi connectivity index (χ4n) is 0.979. The van der Waals surface area contributed by atoms with Crippen molar-refractivity contribution < 1.29 is 31.1 Å². The number of hydrogen-bond donors (Lipinski definition) is 1. The molecule has 0 saturated heterocycles. The number of rotatable bonds is 4. The van der Waals surface area contributed by atoms with Gasteiger partial charge in [-0.05, 0) is 6.42 Å². The van der Waals surface area contributed by atoms with Gasteiger partial charge in [-0.2, -0.15) is 26.3 Å². The Balaban J connectivity index is 4.58. The second kappa shape index (κ2) is 5.92. The van der Waals surface area contributed by atoms with Gasteiger partial charge in [-0.1, -0.05) is 22.9 Å². The Morgan fingerprint density at radius 2 is 1.59 bits per heavy atom. The molecule has 0 heterocycles. The van der Waals surface area contributed by atoms with E-state index in [1.807, 2.05) is 0 Å². The average Bonchev–Trinajstić information content (AvgIpc) is 1.96. The topological polar surface area (TPSA) is 29.1 Å². The summed E-state index contributed by atoms with van der Waals surface area (Å²) in [7, 11) is 0. The van der Waals surface area contributed by atoms with Crippen LogP contribution in [-0.2, 0) is 4.79 Å². The van der Waals surface area contributed by atoms with Crippen molar-refractivity contribution in [2.45, 2.75) is 30.5 Å². The average molecular weight is 330 g/mol. The van der Waals surface area contributed by atoms with Gasteiger partial charge in [0.2, 0.25) is 11.8 Å². The van der Waals surface area contributed by atoms with E-state index in [2.05, 4.69) is 15.9 Å². The van der Waals surface area contributed by atoms with E-state index in [1.165, 1.54) is 0 Å². The van der Waals surface area contributed by atoms with Crippen LogP contribution in [0.1, 0.15) is 13.3 Å². The molecule has 0 aromatic rings. The Morgan fingerprint density at radius 1 is 1.18 bits per heavy atom. The maximum absolute atomic E-state index is 12.1.